The van der Waals surface area contributed by atoms with Crippen LogP contribution in [-0.4, -0.2) is 42.0 Å². The number of likely N-dealkylation sites (tertiary alicyclic amines) is 1. The lowest BCUT2D eigenvalue weighted by atomic mass is 9.88. The van der Waals surface area contributed by atoms with Crippen molar-refractivity contribution in [2.75, 3.05) is 25.5 Å². The molecule has 7 heteroatoms. The summed E-state index contributed by atoms with van der Waals surface area (Å²) in [5.74, 6) is -0.682. The first-order valence-corrected chi connectivity index (χ1v) is 12.0. The first-order valence-electron chi connectivity index (χ1n) is 11.2. The van der Waals surface area contributed by atoms with Crippen LogP contribution < -0.4 is 10.1 Å². The molecular formula is C27H27BrN2O4. The Labute approximate surface area is 207 Å². The molecule has 1 aliphatic heterocycles. The summed E-state index contributed by atoms with van der Waals surface area (Å²) in [7, 11) is 2.12. The second kappa shape index (κ2) is 10.8. The van der Waals surface area contributed by atoms with E-state index < -0.39 is 11.9 Å². The van der Waals surface area contributed by atoms with E-state index in [0.717, 1.165) is 37.1 Å². The Kier molecular flexibility index (Phi) is 7.65. The van der Waals surface area contributed by atoms with Crippen LogP contribution in [0.3, 0.4) is 0 Å². The van der Waals surface area contributed by atoms with Gasteiger partial charge in [-0.2, -0.15) is 0 Å². The fourth-order valence-electron chi connectivity index (χ4n) is 4.18. The monoisotopic (exact) mass is 522 g/mol. The number of carbonyl (C=O) groups excluding carboxylic acids is 1. The predicted octanol–water partition coefficient (Wildman–Crippen LogP) is 5.79. The molecule has 1 fully saturated rings. The van der Waals surface area contributed by atoms with E-state index in [1.165, 1.54) is 6.07 Å². The molecular weight excluding hydrogens is 496 g/mol. The fraction of sp³-hybridized carbons (Fsp3) is 0.259. The Hall–Kier alpha value is -3.16. The quantitative estimate of drug-likeness (QED) is 0.410. The summed E-state index contributed by atoms with van der Waals surface area (Å²) in [6.45, 7) is 2.35. The Morgan fingerprint density at radius 2 is 1.76 bits per heavy atom. The van der Waals surface area contributed by atoms with E-state index in [2.05, 4.69) is 33.2 Å². The van der Waals surface area contributed by atoms with Gasteiger partial charge in [-0.25, -0.2) is 4.79 Å². The van der Waals surface area contributed by atoms with Crippen molar-refractivity contribution in [3.63, 3.8) is 0 Å². The van der Waals surface area contributed by atoms with Crippen molar-refractivity contribution >= 4 is 33.5 Å². The molecule has 3 aromatic carbocycles. The molecule has 176 valence electrons. The van der Waals surface area contributed by atoms with Crippen molar-refractivity contribution in [2.45, 2.75) is 25.4 Å². The topological polar surface area (TPSA) is 78.9 Å². The van der Waals surface area contributed by atoms with Crippen molar-refractivity contribution in [2.24, 2.45) is 0 Å². The molecule has 1 amide bonds. The molecule has 3 aromatic rings. The predicted molar refractivity (Wildman–Crippen MR) is 136 cm³/mol. The van der Waals surface area contributed by atoms with Gasteiger partial charge in [0, 0.05) is 4.47 Å². The maximum Gasteiger partial charge on any atom is 0.337 e. The highest BCUT2D eigenvalue weighted by molar-refractivity contribution is 9.10. The zero-order valence-corrected chi connectivity index (χ0v) is 20.5. The van der Waals surface area contributed by atoms with Crippen molar-refractivity contribution < 1.29 is 19.4 Å². The van der Waals surface area contributed by atoms with Gasteiger partial charge in [0.15, 0.2) is 0 Å². The Morgan fingerprint density at radius 1 is 1.03 bits per heavy atom. The van der Waals surface area contributed by atoms with Crippen LogP contribution in [0, 0.1) is 0 Å². The van der Waals surface area contributed by atoms with Gasteiger partial charge in [0.25, 0.3) is 5.91 Å². The van der Waals surface area contributed by atoms with E-state index in [4.69, 9.17) is 4.74 Å². The molecule has 34 heavy (non-hydrogen) atoms. The number of carbonyl (C=O) groups is 2. The van der Waals surface area contributed by atoms with Crippen molar-refractivity contribution in [1.82, 2.24) is 4.90 Å². The van der Waals surface area contributed by atoms with Gasteiger partial charge in [-0.05, 0) is 80.4 Å². The van der Waals surface area contributed by atoms with E-state index in [9.17, 15) is 14.7 Å². The maximum atomic E-state index is 13.4. The number of hydrogen-bond acceptors (Lipinski definition) is 4. The summed E-state index contributed by atoms with van der Waals surface area (Å²) < 4.78 is 6.72. The lowest BCUT2D eigenvalue weighted by Crippen LogP contribution is -2.29. The lowest BCUT2D eigenvalue weighted by molar-refractivity contribution is 0.0698. The summed E-state index contributed by atoms with van der Waals surface area (Å²) >= 11 is 3.35. The van der Waals surface area contributed by atoms with Crippen LogP contribution in [-0.2, 0) is 6.61 Å². The van der Waals surface area contributed by atoms with Crippen LogP contribution in [0.25, 0.3) is 0 Å². The Morgan fingerprint density at radius 3 is 2.47 bits per heavy atom. The molecule has 0 aliphatic carbocycles. The van der Waals surface area contributed by atoms with Gasteiger partial charge >= 0.3 is 5.97 Å². The van der Waals surface area contributed by atoms with Gasteiger partial charge in [-0.1, -0.05) is 52.3 Å². The number of hydrogen-bond donors (Lipinski definition) is 2. The second-order valence-corrected chi connectivity index (χ2v) is 9.47. The minimum Gasteiger partial charge on any atom is -0.488 e. The number of nitrogens with zero attached hydrogens (tertiary/aromatic N) is 1. The molecule has 0 spiro atoms. The van der Waals surface area contributed by atoms with Gasteiger partial charge < -0.3 is 20.1 Å². The van der Waals surface area contributed by atoms with Crippen molar-refractivity contribution in [3.8, 4) is 5.75 Å². The van der Waals surface area contributed by atoms with Crippen LogP contribution in [0.2, 0.25) is 0 Å². The standard InChI is InChI=1S/C27H27BrN2O4/c1-30-13-11-19(12-14-30)20-7-10-25(34-17-18-5-3-2-4-6-18)23(15-20)26(31)29-24-16-21(28)8-9-22(24)27(32)33/h2-10,15-16,19H,11-14,17H2,1H3,(H,29,31)(H,32,33). The van der Waals surface area contributed by atoms with E-state index in [-0.39, 0.29) is 11.3 Å². The number of piperidine rings is 1. The highest BCUT2D eigenvalue weighted by Gasteiger charge is 2.22. The number of nitrogens with one attached hydrogen (secondary N) is 1. The molecule has 2 N–H and O–H groups in total. The third kappa shape index (κ3) is 5.85. The Bertz CT molecular complexity index is 1170. The number of benzene rings is 3. The summed E-state index contributed by atoms with van der Waals surface area (Å²) in [6.07, 6.45) is 2.05. The van der Waals surface area contributed by atoms with Crippen LogP contribution in [0.1, 0.15) is 50.6 Å². The molecule has 1 saturated heterocycles. The number of aromatic carboxylic acids is 1. The molecule has 6 nitrogen and oxygen atoms in total. The van der Waals surface area contributed by atoms with E-state index in [0.29, 0.717) is 28.3 Å². The summed E-state index contributed by atoms with van der Waals surface area (Å²) in [6, 6.07) is 20.2. The van der Waals surface area contributed by atoms with Gasteiger partial charge in [-0.3, -0.25) is 4.79 Å². The van der Waals surface area contributed by atoms with E-state index in [1.54, 1.807) is 12.1 Å². The van der Waals surface area contributed by atoms with Crippen LogP contribution in [0.15, 0.2) is 71.2 Å². The third-order valence-corrected chi connectivity index (χ3v) is 6.63. The summed E-state index contributed by atoms with van der Waals surface area (Å²) in [5.41, 5.74) is 2.73. The third-order valence-electron chi connectivity index (χ3n) is 6.14. The molecule has 1 heterocycles. The minimum absolute atomic E-state index is 0.0229. The van der Waals surface area contributed by atoms with Gasteiger partial charge in [-0.15, -0.1) is 0 Å². The van der Waals surface area contributed by atoms with Gasteiger partial charge in [0.2, 0.25) is 0 Å². The van der Waals surface area contributed by atoms with Gasteiger partial charge in [0.05, 0.1) is 16.8 Å². The van der Waals surface area contributed by atoms with Crippen molar-refractivity contribution in [3.05, 3.63) is 93.5 Å². The molecule has 0 bridgehead atoms. The minimum atomic E-state index is -1.11. The SMILES string of the molecule is CN1CCC(c2ccc(OCc3ccccc3)c(C(=O)Nc3cc(Br)ccc3C(=O)O)c2)CC1. The zero-order chi connectivity index (χ0) is 24.1. The normalized spacial score (nSPS) is 14.5. The number of carboxylic acids is 1. The highest BCUT2D eigenvalue weighted by atomic mass is 79.9. The summed E-state index contributed by atoms with van der Waals surface area (Å²) in [4.78, 5) is 27.4. The number of carboxylic acid groups (broad SMARTS) is 1. The van der Waals surface area contributed by atoms with Gasteiger partial charge in [0.1, 0.15) is 12.4 Å². The smallest absolute Gasteiger partial charge is 0.337 e. The number of amides is 1. The Balaban J connectivity index is 1.64. The van der Waals surface area contributed by atoms with Crippen LogP contribution >= 0.6 is 15.9 Å². The van der Waals surface area contributed by atoms with Crippen molar-refractivity contribution in [1.29, 1.82) is 0 Å². The first kappa shape index (κ1) is 24.0. The molecule has 0 atom stereocenters. The largest absolute Gasteiger partial charge is 0.488 e. The highest BCUT2D eigenvalue weighted by Crippen LogP contribution is 2.32. The van der Waals surface area contributed by atoms with E-state index >= 15 is 0 Å². The molecule has 0 aromatic heterocycles. The molecule has 0 radical (unpaired) electrons. The number of halogens is 1. The zero-order valence-electron chi connectivity index (χ0n) is 19.0. The van der Waals surface area contributed by atoms with Crippen LogP contribution in [0.4, 0.5) is 5.69 Å². The average Bonchev–Trinajstić information content (AvgIpc) is 2.83. The molecule has 4 rings (SSSR count). The molecule has 0 saturated carbocycles. The fourth-order valence-corrected chi connectivity index (χ4v) is 4.54. The maximum absolute atomic E-state index is 13.4. The number of ether oxygens (including phenoxy) is 1. The average molecular weight is 523 g/mol. The lowest BCUT2D eigenvalue weighted by Gasteiger charge is -2.29. The second-order valence-electron chi connectivity index (χ2n) is 8.56. The molecule has 1 aliphatic rings. The summed E-state index contributed by atoms with van der Waals surface area (Å²) in [5, 5.41) is 12.3. The van der Waals surface area contributed by atoms with Crippen LogP contribution in [0.5, 0.6) is 5.75 Å². The molecule has 0 unspecified atom stereocenters. The number of rotatable bonds is 7. The van der Waals surface area contributed by atoms with E-state index in [1.807, 2.05) is 48.5 Å². The first-order chi connectivity index (χ1) is 16.4. The number of anilines is 1.